The van der Waals surface area contributed by atoms with Crippen molar-refractivity contribution in [1.82, 2.24) is 5.32 Å². The van der Waals surface area contributed by atoms with E-state index in [4.69, 9.17) is 15.2 Å². The van der Waals surface area contributed by atoms with Gasteiger partial charge in [-0.25, -0.2) is 0 Å². The Kier molecular flexibility index (Phi) is 9.32. The van der Waals surface area contributed by atoms with Gasteiger partial charge >= 0.3 is 0 Å². The number of carbonyl (C=O) groups excluding carboxylic acids is 1. The zero-order chi connectivity index (χ0) is 13.8. The molecule has 1 aliphatic rings. The summed E-state index contributed by atoms with van der Waals surface area (Å²) in [5.41, 5.74) is 5.29. The quantitative estimate of drug-likeness (QED) is 0.509. The monoisotopic (exact) mass is 270 g/mol. The summed E-state index contributed by atoms with van der Waals surface area (Å²) in [5.74, 6) is -0.0909. The summed E-state index contributed by atoms with van der Waals surface area (Å²) in [4.78, 5) is 11.5. The number of rotatable bonds is 8. The Morgan fingerprint density at radius 2 is 2.21 bits per heavy atom. The van der Waals surface area contributed by atoms with Gasteiger partial charge in [0.05, 0.1) is 19.3 Å². The normalized spacial score (nSPS) is 21.4. The number of amides is 1. The van der Waals surface area contributed by atoms with Crippen LogP contribution in [0, 0.1) is 0 Å². The molecule has 0 aromatic rings. The van der Waals surface area contributed by atoms with Crippen LogP contribution in [0.3, 0.4) is 0 Å². The molecule has 0 aromatic carbocycles. The van der Waals surface area contributed by atoms with E-state index in [1.807, 2.05) is 0 Å². The average molecular weight is 270 g/mol. The van der Waals surface area contributed by atoms with E-state index in [2.05, 4.69) is 17.5 Å². The van der Waals surface area contributed by atoms with E-state index in [1.54, 1.807) is 0 Å². The third-order valence-electron chi connectivity index (χ3n) is 2.97. The highest BCUT2D eigenvalue weighted by atomic mass is 16.5. The van der Waals surface area contributed by atoms with E-state index >= 15 is 0 Å². The first-order valence-electron chi connectivity index (χ1n) is 7.15. The van der Waals surface area contributed by atoms with Gasteiger partial charge in [-0.2, -0.15) is 0 Å². The van der Waals surface area contributed by atoms with Crippen molar-refractivity contribution in [3.8, 4) is 0 Å². The standard InChI is InChI=1S/C14H26N2O3/c15-8-10-18-11-9-16-14(17)12-19-13-6-4-2-1-3-5-7-13/h4,6,13H,1-3,5,7-12,15H2,(H,16,17)/b6-4-. The molecule has 1 rings (SSSR count). The summed E-state index contributed by atoms with van der Waals surface area (Å²) in [6.45, 7) is 2.14. The maximum absolute atomic E-state index is 11.5. The van der Waals surface area contributed by atoms with E-state index < -0.39 is 0 Å². The first-order chi connectivity index (χ1) is 9.33. The minimum atomic E-state index is -0.0909. The molecule has 5 nitrogen and oxygen atoms in total. The van der Waals surface area contributed by atoms with E-state index in [-0.39, 0.29) is 18.6 Å². The molecule has 0 radical (unpaired) electrons. The van der Waals surface area contributed by atoms with Crippen LogP contribution in [-0.4, -0.2) is 44.9 Å². The molecule has 5 heteroatoms. The number of ether oxygens (including phenoxy) is 2. The van der Waals surface area contributed by atoms with Crippen LogP contribution in [0.5, 0.6) is 0 Å². The molecular weight excluding hydrogens is 244 g/mol. The maximum atomic E-state index is 11.5. The second-order valence-corrected chi connectivity index (χ2v) is 4.67. The lowest BCUT2D eigenvalue weighted by molar-refractivity contribution is -0.127. The summed E-state index contributed by atoms with van der Waals surface area (Å²) in [6, 6.07) is 0. The highest BCUT2D eigenvalue weighted by molar-refractivity contribution is 5.77. The highest BCUT2D eigenvalue weighted by Gasteiger charge is 2.09. The van der Waals surface area contributed by atoms with Gasteiger partial charge in [0.15, 0.2) is 0 Å². The van der Waals surface area contributed by atoms with Crippen LogP contribution in [0.2, 0.25) is 0 Å². The molecule has 3 N–H and O–H groups in total. The van der Waals surface area contributed by atoms with Crippen LogP contribution in [0.4, 0.5) is 0 Å². The molecule has 0 heterocycles. The van der Waals surface area contributed by atoms with Gasteiger partial charge in [0.2, 0.25) is 5.91 Å². The van der Waals surface area contributed by atoms with Gasteiger partial charge in [0, 0.05) is 13.1 Å². The number of carbonyl (C=O) groups is 1. The van der Waals surface area contributed by atoms with Gasteiger partial charge < -0.3 is 20.5 Å². The van der Waals surface area contributed by atoms with Crippen LogP contribution >= 0.6 is 0 Å². The molecule has 0 saturated heterocycles. The molecule has 1 atom stereocenters. The van der Waals surface area contributed by atoms with Crippen molar-refractivity contribution in [1.29, 1.82) is 0 Å². The molecule has 0 saturated carbocycles. The molecule has 1 unspecified atom stereocenters. The Hall–Kier alpha value is -0.910. The number of allylic oxidation sites excluding steroid dienone is 1. The second kappa shape index (κ2) is 11.0. The molecule has 0 spiro atoms. The Bertz CT molecular complexity index is 269. The predicted molar refractivity (Wildman–Crippen MR) is 74.8 cm³/mol. The van der Waals surface area contributed by atoms with Gasteiger partial charge in [0.25, 0.3) is 0 Å². The van der Waals surface area contributed by atoms with Crippen molar-refractivity contribution in [2.24, 2.45) is 5.73 Å². The fraction of sp³-hybridized carbons (Fsp3) is 0.786. The summed E-state index contributed by atoms with van der Waals surface area (Å²) >= 11 is 0. The maximum Gasteiger partial charge on any atom is 0.246 e. The van der Waals surface area contributed by atoms with E-state index in [1.165, 1.54) is 19.3 Å². The number of hydrogen-bond acceptors (Lipinski definition) is 4. The minimum absolute atomic E-state index is 0.0829. The summed E-state index contributed by atoms with van der Waals surface area (Å²) in [5, 5.41) is 2.76. The molecule has 0 fully saturated rings. The lowest BCUT2D eigenvalue weighted by Crippen LogP contribution is -2.32. The Morgan fingerprint density at radius 3 is 3.05 bits per heavy atom. The Balaban J connectivity index is 2.06. The summed E-state index contributed by atoms with van der Waals surface area (Å²) < 4.78 is 10.8. The highest BCUT2D eigenvalue weighted by Crippen LogP contribution is 2.13. The van der Waals surface area contributed by atoms with E-state index in [9.17, 15) is 4.79 Å². The third-order valence-corrected chi connectivity index (χ3v) is 2.97. The predicted octanol–water partition coefficient (Wildman–Crippen LogP) is 0.983. The van der Waals surface area contributed by atoms with Gasteiger partial charge in [0.1, 0.15) is 6.61 Å². The van der Waals surface area contributed by atoms with E-state index in [0.717, 1.165) is 12.8 Å². The van der Waals surface area contributed by atoms with Crippen molar-refractivity contribution in [2.75, 3.05) is 32.9 Å². The van der Waals surface area contributed by atoms with Crippen LogP contribution in [0.15, 0.2) is 12.2 Å². The fourth-order valence-corrected chi connectivity index (χ4v) is 1.95. The topological polar surface area (TPSA) is 73.6 Å². The fourth-order valence-electron chi connectivity index (χ4n) is 1.95. The smallest absolute Gasteiger partial charge is 0.246 e. The lowest BCUT2D eigenvalue weighted by atomic mass is 10.0. The van der Waals surface area contributed by atoms with Gasteiger partial charge in [-0.1, -0.05) is 25.0 Å². The average Bonchev–Trinajstić information content (AvgIpc) is 2.37. The zero-order valence-corrected chi connectivity index (χ0v) is 11.6. The SMILES string of the molecule is NCCOCCNC(=O)COC1/C=C\CCCCC1. The van der Waals surface area contributed by atoms with Crippen LogP contribution in [0.25, 0.3) is 0 Å². The van der Waals surface area contributed by atoms with Crippen molar-refractivity contribution in [2.45, 2.75) is 38.2 Å². The molecule has 1 amide bonds. The van der Waals surface area contributed by atoms with Crippen LogP contribution in [-0.2, 0) is 14.3 Å². The second-order valence-electron chi connectivity index (χ2n) is 4.67. The molecule has 110 valence electrons. The largest absolute Gasteiger partial charge is 0.378 e. The van der Waals surface area contributed by atoms with Crippen LogP contribution in [0.1, 0.15) is 32.1 Å². The van der Waals surface area contributed by atoms with Crippen molar-refractivity contribution in [3.63, 3.8) is 0 Å². The number of nitrogens with one attached hydrogen (secondary N) is 1. The van der Waals surface area contributed by atoms with Crippen molar-refractivity contribution < 1.29 is 14.3 Å². The Labute approximate surface area is 115 Å². The zero-order valence-electron chi connectivity index (χ0n) is 11.6. The molecule has 0 bridgehead atoms. The Morgan fingerprint density at radius 1 is 1.32 bits per heavy atom. The summed E-state index contributed by atoms with van der Waals surface area (Å²) in [6.07, 6.45) is 10.1. The molecular formula is C14H26N2O3. The van der Waals surface area contributed by atoms with Gasteiger partial charge in [-0.15, -0.1) is 0 Å². The molecule has 0 aromatic heterocycles. The first kappa shape index (κ1) is 16.1. The lowest BCUT2D eigenvalue weighted by Gasteiger charge is -2.16. The number of nitrogens with two attached hydrogens (primary N) is 1. The molecule has 1 aliphatic carbocycles. The van der Waals surface area contributed by atoms with E-state index in [0.29, 0.717) is 26.3 Å². The van der Waals surface area contributed by atoms with Gasteiger partial charge in [-0.3, -0.25) is 4.79 Å². The van der Waals surface area contributed by atoms with Crippen molar-refractivity contribution >= 4 is 5.91 Å². The number of hydrogen-bond donors (Lipinski definition) is 2. The summed E-state index contributed by atoms with van der Waals surface area (Å²) in [7, 11) is 0. The minimum Gasteiger partial charge on any atom is -0.378 e. The third kappa shape index (κ3) is 8.75. The van der Waals surface area contributed by atoms with Gasteiger partial charge in [-0.05, 0) is 19.3 Å². The molecule has 19 heavy (non-hydrogen) atoms. The van der Waals surface area contributed by atoms with Crippen molar-refractivity contribution in [3.05, 3.63) is 12.2 Å². The first-order valence-corrected chi connectivity index (χ1v) is 7.15. The molecule has 0 aliphatic heterocycles. The van der Waals surface area contributed by atoms with Crippen LogP contribution < -0.4 is 11.1 Å².